The summed E-state index contributed by atoms with van der Waals surface area (Å²) in [6.45, 7) is 0.229. The van der Waals surface area contributed by atoms with Crippen LogP contribution in [0.25, 0.3) is 22.7 Å². The van der Waals surface area contributed by atoms with Crippen LogP contribution in [0.15, 0.2) is 71.2 Å². The molecule has 0 atom stereocenters. The molecule has 4 rings (SSSR count). The first-order valence-corrected chi connectivity index (χ1v) is 10.1. The summed E-state index contributed by atoms with van der Waals surface area (Å²) < 4.78 is 6.78. The molecular formula is C23H15BrN4O3. The summed E-state index contributed by atoms with van der Waals surface area (Å²) in [4.78, 5) is 18.0. The maximum Gasteiger partial charge on any atom is 0.269 e. The predicted molar refractivity (Wildman–Crippen MR) is 121 cm³/mol. The number of nitriles is 1. The first-order valence-electron chi connectivity index (χ1n) is 9.26. The fourth-order valence-electron chi connectivity index (χ4n) is 3.03. The van der Waals surface area contributed by atoms with Crippen LogP contribution in [0, 0.1) is 21.4 Å². The number of ether oxygens (including phenoxy) is 1. The minimum atomic E-state index is -0.441. The van der Waals surface area contributed by atoms with Crippen LogP contribution in [0.3, 0.4) is 0 Å². The molecule has 0 amide bonds. The highest BCUT2D eigenvalue weighted by Gasteiger charge is 2.11. The van der Waals surface area contributed by atoms with Crippen LogP contribution in [0.4, 0.5) is 5.69 Å². The number of allylic oxidation sites excluding steroid dienone is 1. The Morgan fingerprint density at radius 1 is 1.19 bits per heavy atom. The molecule has 0 bridgehead atoms. The number of hydrogen-bond acceptors (Lipinski definition) is 5. The van der Waals surface area contributed by atoms with Crippen molar-refractivity contribution in [1.82, 2.24) is 9.97 Å². The zero-order valence-electron chi connectivity index (χ0n) is 16.1. The Morgan fingerprint density at radius 2 is 1.97 bits per heavy atom. The van der Waals surface area contributed by atoms with E-state index in [4.69, 9.17) is 4.74 Å². The number of halogens is 1. The summed E-state index contributed by atoms with van der Waals surface area (Å²) in [7, 11) is 0. The van der Waals surface area contributed by atoms with Crippen molar-refractivity contribution < 1.29 is 9.66 Å². The lowest BCUT2D eigenvalue weighted by atomic mass is 10.1. The molecule has 0 spiro atoms. The number of H-pyrrole nitrogens is 1. The van der Waals surface area contributed by atoms with E-state index in [0.29, 0.717) is 22.7 Å². The second-order valence-corrected chi connectivity index (χ2v) is 7.58. The minimum absolute atomic E-state index is 0.0283. The normalized spacial score (nSPS) is 11.3. The first-order chi connectivity index (χ1) is 15.0. The van der Waals surface area contributed by atoms with E-state index in [2.05, 4.69) is 32.0 Å². The first kappa shape index (κ1) is 20.3. The van der Waals surface area contributed by atoms with Gasteiger partial charge in [-0.1, -0.05) is 28.1 Å². The molecule has 1 heterocycles. The van der Waals surface area contributed by atoms with Gasteiger partial charge in [0.25, 0.3) is 5.69 Å². The van der Waals surface area contributed by atoms with Crippen molar-refractivity contribution in [2.75, 3.05) is 0 Å². The van der Waals surface area contributed by atoms with Gasteiger partial charge in [-0.3, -0.25) is 10.1 Å². The van der Waals surface area contributed by atoms with Gasteiger partial charge in [0.2, 0.25) is 0 Å². The number of non-ortho nitro benzene ring substituents is 1. The average molecular weight is 475 g/mol. The van der Waals surface area contributed by atoms with Crippen LogP contribution < -0.4 is 4.74 Å². The number of nitrogens with one attached hydrogen (secondary N) is 1. The second-order valence-electron chi connectivity index (χ2n) is 6.67. The van der Waals surface area contributed by atoms with E-state index < -0.39 is 4.92 Å². The highest BCUT2D eigenvalue weighted by Crippen LogP contribution is 2.28. The van der Waals surface area contributed by atoms with Crippen LogP contribution in [-0.2, 0) is 6.61 Å². The van der Waals surface area contributed by atoms with Crippen LogP contribution in [0.2, 0.25) is 0 Å². The fraction of sp³-hybridized carbons (Fsp3) is 0.0435. The number of nitro benzene ring substituents is 1. The van der Waals surface area contributed by atoms with Gasteiger partial charge >= 0.3 is 0 Å². The van der Waals surface area contributed by atoms with Gasteiger partial charge in [0.15, 0.2) is 0 Å². The number of aromatic amines is 1. The maximum atomic E-state index is 10.8. The van der Waals surface area contributed by atoms with E-state index >= 15 is 0 Å². The monoisotopic (exact) mass is 474 g/mol. The maximum absolute atomic E-state index is 10.8. The smallest absolute Gasteiger partial charge is 0.269 e. The average Bonchev–Trinajstić information content (AvgIpc) is 3.21. The Hall–Kier alpha value is -3.96. The standard InChI is InChI=1S/C23H15BrN4O3/c24-18-7-10-22(31-14-15-5-8-19(9-6-15)28(29)30)16(12-18)11-17(13-25)23-26-20-3-1-2-4-21(20)27-23/h1-12H,14H2,(H,26,27)/b17-11+. The third-order valence-corrected chi connectivity index (χ3v) is 5.07. The summed E-state index contributed by atoms with van der Waals surface area (Å²) >= 11 is 3.46. The van der Waals surface area contributed by atoms with E-state index in [1.54, 1.807) is 24.3 Å². The molecule has 4 aromatic rings. The highest BCUT2D eigenvalue weighted by atomic mass is 79.9. The lowest BCUT2D eigenvalue weighted by Crippen LogP contribution is -1.98. The number of benzene rings is 3. The Labute approximate surface area is 185 Å². The Bertz CT molecular complexity index is 1300. The second kappa shape index (κ2) is 8.81. The summed E-state index contributed by atoms with van der Waals surface area (Å²) in [5.74, 6) is 1.05. The Kier molecular flexibility index (Phi) is 5.78. The van der Waals surface area contributed by atoms with Crippen LogP contribution in [0.1, 0.15) is 17.0 Å². The number of fused-ring (bicyclic) bond motifs is 1. The van der Waals surface area contributed by atoms with Crippen molar-refractivity contribution in [3.63, 3.8) is 0 Å². The Morgan fingerprint density at radius 3 is 2.68 bits per heavy atom. The van der Waals surface area contributed by atoms with Gasteiger partial charge in [-0.25, -0.2) is 4.98 Å². The molecule has 0 aliphatic carbocycles. The van der Waals surface area contributed by atoms with Gasteiger partial charge in [0.1, 0.15) is 24.3 Å². The van der Waals surface area contributed by atoms with Gasteiger partial charge in [0, 0.05) is 22.2 Å². The molecule has 0 saturated carbocycles. The SMILES string of the molecule is N#C/C(=C\c1cc(Br)ccc1OCc1ccc([N+](=O)[O-])cc1)c1nc2ccccc2[nH]1. The Balaban J connectivity index is 1.62. The topological polar surface area (TPSA) is 105 Å². The molecule has 0 fully saturated rings. The molecule has 1 N–H and O–H groups in total. The molecule has 1 aromatic heterocycles. The molecule has 8 heteroatoms. The van der Waals surface area contributed by atoms with Crippen molar-refractivity contribution in [1.29, 1.82) is 5.26 Å². The van der Waals surface area contributed by atoms with Crippen LogP contribution >= 0.6 is 15.9 Å². The molecular weight excluding hydrogens is 460 g/mol. The van der Waals surface area contributed by atoms with E-state index in [9.17, 15) is 15.4 Å². The number of nitrogens with zero attached hydrogens (tertiary/aromatic N) is 3. The molecule has 7 nitrogen and oxygen atoms in total. The lowest BCUT2D eigenvalue weighted by Gasteiger charge is -2.10. The summed E-state index contributed by atoms with van der Waals surface area (Å²) in [5, 5.41) is 20.5. The van der Waals surface area contributed by atoms with Gasteiger partial charge in [-0.15, -0.1) is 0 Å². The third kappa shape index (κ3) is 4.63. The van der Waals surface area contributed by atoms with Gasteiger partial charge < -0.3 is 9.72 Å². The number of hydrogen-bond donors (Lipinski definition) is 1. The van der Waals surface area contributed by atoms with E-state index in [1.807, 2.05) is 36.4 Å². The van der Waals surface area contributed by atoms with Crippen molar-refractivity contribution in [3.8, 4) is 11.8 Å². The van der Waals surface area contributed by atoms with Gasteiger partial charge in [0.05, 0.1) is 21.5 Å². The van der Waals surface area contributed by atoms with Crippen molar-refractivity contribution in [2.24, 2.45) is 0 Å². The van der Waals surface area contributed by atoms with Crippen LogP contribution in [-0.4, -0.2) is 14.9 Å². The summed E-state index contributed by atoms with van der Waals surface area (Å²) in [6, 6.07) is 21.5. The zero-order chi connectivity index (χ0) is 21.8. The molecule has 0 radical (unpaired) electrons. The molecule has 152 valence electrons. The fourth-order valence-corrected chi connectivity index (χ4v) is 3.41. The number of imidazole rings is 1. The minimum Gasteiger partial charge on any atom is -0.488 e. The number of rotatable bonds is 6. The molecule has 0 aliphatic rings. The summed E-state index contributed by atoms with van der Waals surface area (Å²) in [6.07, 6.45) is 1.72. The number of aromatic nitrogens is 2. The molecule has 0 unspecified atom stereocenters. The van der Waals surface area contributed by atoms with E-state index in [1.165, 1.54) is 12.1 Å². The number of para-hydroxylation sites is 2. The van der Waals surface area contributed by atoms with Gasteiger partial charge in [-0.05, 0) is 54.1 Å². The molecule has 3 aromatic carbocycles. The van der Waals surface area contributed by atoms with E-state index in [0.717, 1.165) is 21.1 Å². The third-order valence-electron chi connectivity index (χ3n) is 4.58. The van der Waals surface area contributed by atoms with Crippen molar-refractivity contribution >= 4 is 44.3 Å². The quantitative estimate of drug-likeness (QED) is 0.213. The predicted octanol–water partition coefficient (Wildman–Crippen LogP) is 5.88. The summed E-state index contributed by atoms with van der Waals surface area (Å²) in [5.41, 5.74) is 3.52. The molecule has 0 aliphatic heterocycles. The van der Waals surface area contributed by atoms with Crippen molar-refractivity contribution in [2.45, 2.75) is 6.61 Å². The zero-order valence-corrected chi connectivity index (χ0v) is 17.7. The van der Waals surface area contributed by atoms with Crippen LogP contribution in [0.5, 0.6) is 5.75 Å². The largest absolute Gasteiger partial charge is 0.488 e. The van der Waals surface area contributed by atoms with Gasteiger partial charge in [-0.2, -0.15) is 5.26 Å². The van der Waals surface area contributed by atoms with Crippen molar-refractivity contribution in [3.05, 3.63) is 98.3 Å². The molecule has 31 heavy (non-hydrogen) atoms. The number of nitro groups is 1. The highest BCUT2D eigenvalue weighted by molar-refractivity contribution is 9.10. The lowest BCUT2D eigenvalue weighted by molar-refractivity contribution is -0.384. The van der Waals surface area contributed by atoms with E-state index in [-0.39, 0.29) is 12.3 Å². The molecule has 0 saturated heterocycles.